The van der Waals surface area contributed by atoms with Crippen molar-refractivity contribution in [3.63, 3.8) is 0 Å². The van der Waals surface area contributed by atoms with E-state index in [0.29, 0.717) is 17.9 Å². The Kier molecular flexibility index (Phi) is 5.26. The highest BCUT2D eigenvalue weighted by Gasteiger charge is 2.71. The molecule has 0 saturated carbocycles. The van der Waals surface area contributed by atoms with Crippen LogP contribution in [-0.2, 0) is 9.13 Å². The van der Waals surface area contributed by atoms with Gasteiger partial charge in [-0.25, -0.2) is 0 Å². The number of hydrogen-bond donors (Lipinski definition) is 0. The lowest BCUT2D eigenvalue weighted by Gasteiger charge is -2.38. The highest BCUT2D eigenvalue weighted by atomic mass is 31.2. The number of ether oxygens (including phenoxy) is 2. The lowest BCUT2D eigenvalue weighted by Crippen LogP contribution is -2.36. The predicted octanol–water partition coefficient (Wildman–Crippen LogP) is 8.10. The van der Waals surface area contributed by atoms with Gasteiger partial charge in [-0.2, -0.15) is 0 Å². The van der Waals surface area contributed by atoms with Gasteiger partial charge >= 0.3 is 0 Å². The van der Waals surface area contributed by atoms with E-state index in [2.05, 4.69) is 27.7 Å². The van der Waals surface area contributed by atoms with Crippen molar-refractivity contribution in [3.8, 4) is 33.8 Å². The normalized spacial score (nSPS) is 29.1. The van der Waals surface area contributed by atoms with Crippen molar-refractivity contribution >= 4 is 24.9 Å². The standard InChI is InChI=1S/C33H32O4P2/c1-32(2)21-33(3,4)39(35)29-25(23-15-9-6-10-16-23)18-12-20-27(29)37-31(39)30-36-26-19-11-17-24(28(26)38(30,32)34)22-13-7-5-8-14-22/h5-20,30-31H,21H2,1-4H3/t30-,31-,38+,39+/m0/s1. The molecule has 0 unspecified atom stereocenters. The Morgan fingerprint density at radius 1 is 0.564 bits per heavy atom. The molecule has 0 amide bonds. The van der Waals surface area contributed by atoms with E-state index in [9.17, 15) is 0 Å². The van der Waals surface area contributed by atoms with Crippen molar-refractivity contribution in [2.24, 2.45) is 0 Å². The number of fused-ring (bicyclic) bond motifs is 7. The first-order valence-corrected chi connectivity index (χ1v) is 17.1. The summed E-state index contributed by atoms with van der Waals surface area (Å²) >= 11 is 0. The Balaban J connectivity index is 1.49. The van der Waals surface area contributed by atoms with Crippen LogP contribution in [0.25, 0.3) is 22.3 Å². The minimum absolute atomic E-state index is 0.513. The summed E-state index contributed by atoms with van der Waals surface area (Å²) in [7, 11) is -6.68. The maximum Gasteiger partial charge on any atom is 0.199 e. The van der Waals surface area contributed by atoms with Gasteiger partial charge in [-0.1, -0.05) is 113 Å². The Morgan fingerprint density at radius 3 is 1.33 bits per heavy atom. The SMILES string of the molecule is CC1(C)CC(C)(C)[P@@]2(=O)c3c(cccc3-c3ccccc3)O[C@@H]2[C@H]2Oc3cccc(-c4ccccc4)c3[P@@]21=O. The minimum Gasteiger partial charge on any atom is -0.477 e. The van der Waals surface area contributed by atoms with Crippen LogP contribution in [-0.4, -0.2) is 22.0 Å². The fourth-order valence-corrected chi connectivity index (χ4v) is 16.4. The van der Waals surface area contributed by atoms with Crippen LogP contribution in [0.2, 0.25) is 0 Å². The molecule has 4 aromatic rings. The van der Waals surface area contributed by atoms with Gasteiger partial charge in [0.15, 0.2) is 26.0 Å². The monoisotopic (exact) mass is 554 g/mol. The van der Waals surface area contributed by atoms with Crippen molar-refractivity contribution in [3.05, 3.63) is 97.1 Å². The van der Waals surface area contributed by atoms with E-state index >= 15 is 9.13 Å². The molecule has 0 aromatic heterocycles. The first kappa shape index (κ1) is 24.9. The quantitative estimate of drug-likeness (QED) is 0.235. The molecular weight excluding hydrogens is 522 g/mol. The van der Waals surface area contributed by atoms with Crippen molar-refractivity contribution in [1.29, 1.82) is 0 Å². The lowest BCUT2D eigenvalue weighted by molar-refractivity contribution is 0.164. The van der Waals surface area contributed by atoms with Gasteiger partial charge < -0.3 is 18.6 Å². The van der Waals surface area contributed by atoms with Crippen LogP contribution in [0.4, 0.5) is 0 Å². The molecule has 4 atom stereocenters. The second kappa shape index (κ2) is 8.23. The zero-order valence-electron chi connectivity index (χ0n) is 22.6. The maximum atomic E-state index is 15.8. The van der Waals surface area contributed by atoms with Crippen LogP contribution in [0.3, 0.4) is 0 Å². The average molecular weight is 555 g/mol. The van der Waals surface area contributed by atoms with Crippen molar-refractivity contribution in [2.75, 3.05) is 0 Å². The van der Waals surface area contributed by atoms with Gasteiger partial charge in [0.2, 0.25) is 0 Å². The van der Waals surface area contributed by atoms with Crippen LogP contribution in [0.1, 0.15) is 34.1 Å². The maximum absolute atomic E-state index is 15.8. The van der Waals surface area contributed by atoms with Gasteiger partial charge in [-0.15, -0.1) is 0 Å². The molecule has 3 aliphatic heterocycles. The topological polar surface area (TPSA) is 52.6 Å². The van der Waals surface area contributed by atoms with E-state index in [0.717, 1.165) is 32.9 Å². The molecule has 4 nitrogen and oxygen atoms in total. The molecule has 0 spiro atoms. The molecule has 0 N–H and O–H groups in total. The summed E-state index contributed by atoms with van der Waals surface area (Å²) in [6, 6.07) is 31.9. The van der Waals surface area contributed by atoms with Crippen LogP contribution in [0, 0.1) is 0 Å². The van der Waals surface area contributed by atoms with Crippen LogP contribution in [0.5, 0.6) is 11.5 Å². The summed E-state index contributed by atoms with van der Waals surface area (Å²) < 4.78 is 45.0. The largest absolute Gasteiger partial charge is 0.477 e. The van der Waals surface area contributed by atoms with Gasteiger partial charge in [-0.05, 0) is 40.8 Å². The molecular formula is C33H32O4P2. The van der Waals surface area contributed by atoms with Gasteiger partial charge in [0, 0.05) is 10.3 Å². The highest BCUT2D eigenvalue weighted by molar-refractivity contribution is 7.79. The molecule has 0 bridgehead atoms. The highest BCUT2D eigenvalue weighted by Crippen LogP contribution is 2.81. The number of hydrogen-bond acceptors (Lipinski definition) is 4. The third kappa shape index (κ3) is 3.19. The summed E-state index contributed by atoms with van der Waals surface area (Å²) in [6.45, 7) is 8.28. The summed E-state index contributed by atoms with van der Waals surface area (Å²) in [5, 5.41) is 0.172. The van der Waals surface area contributed by atoms with Gasteiger partial charge in [-0.3, -0.25) is 0 Å². The Bertz CT molecular complexity index is 1580. The van der Waals surface area contributed by atoms with Crippen LogP contribution in [0.15, 0.2) is 97.1 Å². The molecule has 7 rings (SSSR count). The zero-order chi connectivity index (χ0) is 27.2. The van der Waals surface area contributed by atoms with E-state index in [-0.39, 0.29) is 0 Å². The second-order valence-corrected chi connectivity index (χ2v) is 19.1. The molecule has 4 aromatic carbocycles. The predicted molar refractivity (Wildman–Crippen MR) is 160 cm³/mol. The summed E-state index contributed by atoms with van der Waals surface area (Å²) in [4.78, 5) is 0. The van der Waals surface area contributed by atoms with E-state index in [1.165, 1.54) is 0 Å². The second-order valence-electron chi connectivity index (χ2n) is 12.2. The molecule has 39 heavy (non-hydrogen) atoms. The molecule has 3 aliphatic rings. The number of benzene rings is 4. The van der Waals surface area contributed by atoms with Crippen LogP contribution >= 0.6 is 14.3 Å². The average Bonchev–Trinajstić information content (AvgIpc) is 3.41. The van der Waals surface area contributed by atoms with E-state index in [1.54, 1.807) is 0 Å². The van der Waals surface area contributed by atoms with Crippen molar-refractivity contribution in [1.82, 2.24) is 0 Å². The number of rotatable bonds is 2. The Morgan fingerprint density at radius 2 is 0.949 bits per heavy atom. The molecule has 0 radical (unpaired) electrons. The Labute approximate surface area is 230 Å². The summed E-state index contributed by atoms with van der Waals surface area (Å²) in [5.74, 6) is -0.439. The summed E-state index contributed by atoms with van der Waals surface area (Å²) in [5.41, 5.74) is 3.83. The molecule has 1 fully saturated rings. The zero-order valence-corrected chi connectivity index (χ0v) is 24.4. The van der Waals surface area contributed by atoms with Gasteiger partial charge in [0.25, 0.3) is 0 Å². The first-order chi connectivity index (χ1) is 18.6. The third-order valence-corrected chi connectivity index (χ3v) is 17.5. The first-order valence-electron chi connectivity index (χ1n) is 13.5. The molecule has 6 heteroatoms. The smallest absolute Gasteiger partial charge is 0.199 e. The van der Waals surface area contributed by atoms with Crippen molar-refractivity contribution in [2.45, 2.75) is 56.1 Å². The van der Waals surface area contributed by atoms with E-state index in [4.69, 9.17) is 9.47 Å². The van der Waals surface area contributed by atoms with Gasteiger partial charge in [0.05, 0.1) is 10.6 Å². The van der Waals surface area contributed by atoms with Crippen molar-refractivity contribution < 1.29 is 18.6 Å². The minimum atomic E-state index is -3.34. The lowest BCUT2D eigenvalue weighted by atomic mass is 9.99. The van der Waals surface area contributed by atoms with Crippen LogP contribution < -0.4 is 20.1 Å². The van der Waals surface area contributed by atoms with Gasteiger partial charge in [0.1, 0.15) is 11.5 Å². The fraction of sp³-hybridized carbons (Fsp3) is 0.273. The summed E-state index contributed by atoms with van der Waals surface area (Å²) in [6.07, 6.45) is 0.513. The van der Waals surface area contributed by atoms with E-state index < -0.39 is 36.3 Å². The fourth-order valence-electron chi connectivity index (χ4n) is 7.35. The molecule has 3 heterocycles. The Hall–Kier alpha value is -3.06. The molecule has 0 aliphatic carbocycles. The molecule has 198 valence electrons. The van der Waals surface area contributed by atoms with E-state index in [1.807, 2.05) is 97.1 Å². The molecule has 1 saturated heterocycles. The third-order valence-electron chi connectivity index (χ3n) is 8.95.